The van der Waals surface area contributed by atoms with Crippen molar-refractivity contribution in [3.63, 3.8) is 0 Å². The van der Waals surface area contributed by atoms with Crippen molar-refractivity contribution in [1.29, 1.82) is 0 Å². The lowest BCUT2D eigenvalue weighted by atomic mass is 9.65. The summed E-state index contributed by atoms with van der Waals surface area (Å²) in [6.07, 6.45) is 7.49. The molecule has 4 nitrogen and oxygen atoms in total. The molecule has 1 heterocycles. The summed E-state index contributed by atoms with van der Waals surface area (Å²) in [5, 5.41) is 0. The summed E-state index contributed by atoms with van der Waals surface area (Å²) in [6.45, 7) is 0.107. The number of rotatable bonds is 7. The number of carbonyl (C=O) groups excluding carboxylic acids is 1. The van der Waals surface area contributed by atoms with Crippen molar-refractivity contribution >= 4 is 12.1 Å². The monoisotopic (exact) mass is 392 g/mol. The minimum atomic E-state index is -0.777. The van der Waals surface area contributed by atoms with E-state index in [4.69, 9.17) is 15.5 Å². The predicted molar refractivity (Wildman–Crippen MR) is 111 cm³/mol. The average molecular weight is 392 g/mol. The maximum Gasteiger partial charge on any atom is 0.226 e. The van der Waals surface area contributed by atoms with Crippen LogP contribution in [0, 0.1) is 11.2 Å². The van der Waals surface area contributed by atoms with E-state index in [9.17, 15) is 9.18 Å². The molecule has 1 aliphatic carbocycles. The molecule has 0 saturated heterocycles. The number of primary amides is 1. The van der Waals surface area contributed by atoms with Gasteiger partial charge in [-0.1, -0.05) is 61.4 Å². The molecule has 4 rings (SSSR count). The predicted octanol–water partition coefficient (Wildman–Crippen LogP) is 4.34. The Morgan fingerprint density at radius 1 is 1.07 bits per heavy atom. The minimum Gasteiger partial charge on any atom is -0.487 e. The van der Waals surface area contributed by atoms with E-state index >= 15 is 0 Å². The van der Waals surface area contributed by atoms with Gasteiger partial charge in [-0.3, -0.25) is 9.79 Å². The van der Waals surface area contributed by atoms with Crippen LogP contribution in [-0.4, -0.2) is 17.7 Å². The fourth-order valence-corrected chi connectivity index (χ4v) is 4.65. The Balaban J connectivity index is 1.66. The molecule has 0 spiro atoms. The molecule has 1 unspecified atom stereocenters. The molecule has 0 aromatic heterocycles. The molecule has 29 heavy (non-hydrogen) atoms. The van der Waals surface area contributed by atoms with Crippen molar-refractivity contribution in [2.75, 3.05) is 0 Å². The zero-order chi connectivity index (χ0) is 20.3. The second-order valence-electron chi connectivity index (χ2n) is 7.93. The fourth-order valence-electron chi connectivity index (χ4n) is 4.65. The molecule has 1 fully saturated rings. The first-order chi connectivity index (χ1) is 14.0. The first kappa shape index (κ1) is 19.4. The van der Waals surface area contributed by atoms with Gasteiger partial charge in [0.2, 0.25) is 5.91 Å². The average Bonchev–Trinajstić information content (AvgIpc) is 3.37. The SMILES string of the molecule is NC(=O)C1(C2(Cc3ccccc3)C=C(OCc3ccccc3F)C=N2)CCCC1. The van der Waals surface area contributed by atoms with E-state index in [0.29, 0.717) is 30.6 Å². The molecule has 2 aromatic carbocycles. The summed E-state index contributed by atoms with van der Waals surface area (Å²) in [5.41, 5.74) is 6.01. The van der Waals surface area contributed by atoms with Crippen molar-refractivity contribution < 1.29 is 13.9 Å². The Kier molecular flexibility index (Phi) is 5.22. The zero-order valence-corrected chi connectivity index (χ0v) is 16.3. The Labute approximate surface area is 170 Å². The third-order valence-corrected chi connectivity index (χ3v) is 6.23. The van der Waals surface area contributed by atoms with Gasteiger partial charge in [0.25, 0.3) is 0 Å². The summed E-state index contributed by atoms with van der Waals surface area (Å²) in [6, 6.07) is 16.5. The van der Waals surface area contributed by atoms with Crippen molar-refractivity contribution in [2.24, 2.45) is 16.1 Å². The van der Waals surface area contributed by atoms with Crippen LogP contribution in [-0.2, 0) is 22.6 Å². The number of ether oxygens (including phenoxy) is 1. The highest BCUT2D eigenvalue weighted by Crippen LogP contribution is 2.52. The number of nitrogens with two attached hydrogens (primary N) is 1. The number of amides is 1. The van der Waals surface area contributed by atoms with Crippen LogP contribution in [0.25, 0.3) is 0 Å². The normalized spacial score (nSPS) is 22.4. The quantitative estimate of drug-likeness (QED) is 0.762. The molecule has 1 saturated carbocycles. The molecule has 2 N–H and O–H groups in total. The Bertz CT molecular complexity index is 948. The summed E-state index contributed by atoms with van der Waals surface area (Å²) in [7, 11) is 0. The fraction of sp³-hybridized carbons (Fsp3) is 0.333. The van der Waals surface area contributed by atoms with Gasteiger partial charge in [0.15, 0.2) is 0 Å². The smallest absolute Gasteiger partial charge is 0.226 e. The van der Waals surface area contributed by atoms with Gasteiger partial charge in [-0.25, -0.2) is 4.39 Å². The molecule has 150 valence electrons. The van der Waals surface area contributed by atoms with Crippen LogP contribution >= 0.6 is 0 Å². The van der Waals surface area contributed by atoms with Gasteiger partial charge in [-0.2, -0.15) is 0 Å². The van der Waals surface area contributed by atoms with Gasteiger partial charge in [-0.05, 0) is 30.5 Å². The summed E-state index contributed by atoms with van der Waals surface area (Å²) >= 11 is 0. The third kappa shape index (κ3) is 3.57. The van der Waals surface area contributed by atoms with Crippen LogP contribution in [0.3, 0.4) is 0 Å². The number of hydrogen-bond acceptors (Lipinski definition) is 3. The van der Waals surface area contributed by atoms with Crippen LogP contribution in [0.5, 0.6) is 0 Å². The maximum atomic E-state index is 13.9. The molecule has 1 atom stereocenters. The van der Waals surface area contributed by atoms with Crippen LogP contribution in [0.1, 0.15) is 36.8 Å². The number of nitrogens with zero attached hydrogens (tertiary/aromatic N) is 1. The van der Waals surface area contributed by atoms with Crippen LogP contribution in [0.2, 0.25) is 0 Å². The van der Waals surface area contributed by atoms with E-state index in [-0.39, 0.29) is 18.3 Å². The first-order valence-corrected chi connectivity index (χ1v) is 10.0. The second kappa shape index (κ2) is 7.82. The largest absolute Gasteiger partial charge is 0.487 e. The standard InChI is InChI=1S/C24H25FN2O2/c25-21-11-5-4-10-19(21)17-29-20-15-24(27-16-20,14-18-8-2-1-3-9-18)23(22(26)28)12-6-7-13-23/h1-5,8-11,15-16H,6-7,12-14,17H2,(H2,26,28). The summed E-state index contributed by atoms with van der Waals surface area (Å²) in [5.74, 6) is -0.0608. The minimum absolute atomic E-state index is 0.107. The lowest BCUT2D eigenvalue weighted by molar-refractivity contribution is -0.130. The molecule has 1 aliphatic heterocycles. The van der Waals surface area contributed by atoms with E-state index in [0.717, 1.165) is 18.4 Å². The molecular weight excluding hydrogens is 367 g/mol. The van der Waals surface area contributed by atoms with E-state index in [2.05, 4.69) is 0 Å². The maximum absolute atomic E-state index is 13.9. The highest BCUT2D eigenvalue weighted by molar-refractivity contribution is 5.87. The molecule has 0 radical (unpaired) electrons. The van der Waals surface area contributed by atoms with Gasteiger partial charge in [-0.15, -0.1) is 0 Å². The highest BCUT2D eigenvalue weighted by atomic mass is 19.1. The van der Waals surface area contributed by atoms with Crippen LogP contribution < -0.4 is 5.73 Å². The number of hydrogen-bond donors (Lipinski definition) is 1. The number of allylic oxidation sites excluding steroid dienone is 1. The molecular formula is C24H25FN2O2. The first-order valence-electron chi connectivity index (χ1n) is 10.0. The Morgan fingerprint density at radius 2 is 1.76 bits per heavy atom. The van der Waals surface area contributed by atoms with Gasteiger partial charge in [0.1, 0.15) is 23.7 Å². The van der Waals surface area contributed by atoms with Crippen molar-refractivity contribution in [2.45, 2.75) is 44.2 Å². The van der Waals surface area contributed by atoms with E-state index < -0.39 is 11.0 Å². The Morgan fingerprint density at radius 3 is 2.45 bits per heavy atom. The Hall–Kier alpha value is -2.95. The number of aliphatic imine (C=N–C) groups is 1. The number of halogens is 1. The third-order valence-electron chi connectivity index (χ3n) is 6.23. The topological polar surface area (TPSA) is 64.7 Å². The van der Waals surface area contributed by atoms with Crippen molar-refractivity contribution in [3.05, 3.63) is 83.4 Å². The molecule has 2 aliphatic rings. The molecule has 2 aromatic rings. The van der Waals surface area contributed by atoms with Crippen molar-refractivity contribution in [1.82, 2.24) is 0 Å². The van der Waals surface area contributed by atoms with Crippen LogP contribution in [0.4, 0.5) is 4.39 Å². The second-order valence-corrected chi connectivity index (χ2v) is 7.93. The highest BCUT2D eigenvalue weighted by Gasteiger charge is 2.57. The summed E-state index contributed by atoms with van der Waals surface area (Å²) < 4.78 is 19.8. The van der Waals surface area contributed by atoms with Crippen LogP contribution in [0.15, 0.2) is 71.4 Å². The lowest BCUT2D eigenvalue weighted by Crippen LogP contribution is -2.53. The molecule has 5 heteroatoms. The number of benzene rings is 2. The number of carbonyl (C=O) groups is 1. The molecule has 1 amide bonds. The van der Waals surface area contributed by atoms with E-state index in [1.807, 2.05) is 36.4 Å². The van der Waals surface area contributed by atoms with Gasteiger partial charge in [0.05, 0.1) is 11.6 Å². The van der Waals surface area contributed by atoms with Gasteiger partial charge in [0, 0.05) is 12.0 Å². The summed E-state index contributed by atoms with van der Waals surface area (Å²) in [4.78, 5) is 17.5. The lowest BCUT2D eigenvalue weighted by Gasteiger charge is -2.41. The van der Waals surface area contributed by atoms with Crippen molar-refractivity contribution in [3.8, 4) is 0 Å². The zero-order valence-electron chi connectivity index (χ0n) is 16.3. The van der Waals surface area contributed by atoms with Gasteiger partial charge < -0.3 is 10.5 Å². The van der Waals surface area contributed by atoms with Gasteiger partial charge >= 0.3 is 0 Å². The van der Waals surface area contributed by atoms with E-state index in [1.165, 1.54) is 6.07 Å². The molecule has 0 bridgehead atoms. The van der Waals surface area contributed by atoms with E-state index in [1.54, 1.807) is 24.4 Å².